The molecular formula is C14H19N5O2S. The van der Waals surface area contributed by atoms with Crippen molar-refractivity contribution in [2.24, 2.45) is 0 Å². The van der Waals surface area contributed by atoms with Gasteiger partial charge in [-0.1, -0.05) is 0 Å². The van der Waals surface area contributed by atoms with Crippen LogP contribution in [-0.4, -0.2) is 57.4 Å². The van der Waals surface area contributed by atoms with Gasteiger partial charge < -0.3 is 10.1 Å². The summed E-state index contributed by atoms with van der Waals surface area (Å²) in [6, 6.07) is 1.68. The van der Waals surface area contributed by atoms with Gasteiger partial charge >= 0.3 is 0 Å². The highest BCUT2D eigenvalue weighted by molar-refractivity contribution is 7.13. The lowest BCUT2D eigenvalue weighted by Gasteiger charge is -2.35. The van der Waals surface area contributed by atoms with Crippen LogP contribution in [0.1, 0.15) is 6.92 Å². The zero-order valence-electron chi connectivity index (χ0n) is 12.4. The van der Waals surface area contributed by atoms with Crippen LogP contribution >= 0.6 is 11.3 Å². The summed E-state index contributed by atoms with van der Waals surface area (Å²) in [7, 11) is 0. The van der Waals surface area contributed by atoms with Crippen LogP contribution in [0.2, 0.25) is 0 Å². The Kier molecular flexibility index (Phi) is 4.81. The SMILES string of the molecule is C[C@H](C(=O)Nc1nccs1)N1CCO[C@H](Cn2cccn2)C1. The monoisotopic (exact) mass is 321 g/mol. The fourth-order valence-corrected chi connectivity index (χ4v) is 3.01. The molecule has 1 fully saturated rings. The highest BCUT2D eigenvalue weighted by Gasteiger charge is 2.28. The smallest absolute Gasteiger partial charge is 0.243 e. The molecule has 7 nitrogen and oxygen atoms in total. The molecule has 2 aromatic heterocycles. The molecule has 1 amide bonds. The maximum atomic E-state index is 12.3. The van der Waals surface area contributed by atoms with Crippen molar-refractivity contribution in [3.63, 3.8) is 0 Å². The summed E-state index contributed by atoms with van der Waals surface area (Å²) in [5.41, 5.74) is 0. The Labute approximate surface area is 132 Å². The molecule has 22 heavy (non-hydrogen) atoms. The molecular weight excluding hydrogens is 302 g/mol. The summed E-state index contributed by atoms with van der Waals surface area (Å²) in [6.45, 7) is 4.71. The molecule has 8 heteroatoms. The number of rotatable bonds is 5. The Morgan fingerprint density at radius 3 is 3.23 bits per heavy atom. The Morgan fingerprint density at radius 1 is 1.59 bits per heavy atom. The summed E-state index contributed by atoms with van der Waals surface area (Å²) in [5.74, 6) is -0.0327. The predicted molar refractivity (Wildman–Crippen MR) is 83.7 cm³/mol. The van der Waals surface area contributed by atoms with E-state index in [4.69, 9.17) is 4.74 Å². The zero-order valence-corrected chi connectivity index (χ0v) is 13.2. The van der Waals surface area contributed by atoms with Gasteiger partial charge in [0.05, 0.1) is 25.3 Å². The number of aromatic nitrogens is 3. The van der Waals surface area contributed by atoms with Crippen LogP contribution in [0.15, 0.2) is 30.0 Å². The number of carbonyl (C=O) groups is 1. The summed E-state index contributed by atoms with van der Waals surface area (Å²) in [4.78, 5) is 18.5. The average Bonchev–Trinajstić information content (AvgIpc) is 3.20. The summed E-state index contributed by atoms with van der Waals surface area (Å²) < 4.78 is 7.63. The number of thiazole rings is 1. The lowest BCUT2D eigenvalue weighted by molar-refractivity contribution is -0.124. The second kappa shape index (κ2) is 6.99. The van der Waals surface area contributed by atoms with Crippen LogP contribution in [0, 0.1) is 0 Å². The van der Waals surface area contributed by atoms with Gasteiger partial charge in [-0.25, -0.2) is 4.98 Å². The van der Waals surface area contributed by atoms with Crippen molar-refractivity contribution in [3.8, 4) is 0 Å². The van der Waals surface area contributed by atoms with E-state index >= 15 is 0 Å². The van der Waals surface area contributed by atoms with Crippen molar-refractivity contribution in [1.29, 1.82) is 0 Å². The molecule has 1 aliphatic rings. The van der Waals surface area contributed by atoms with E-state index in [1.807, 2.05) is 29.2 Å². The van der Waals surface area contributed by atoms with Gasteiger partial charge in [0.25, 0.3) is 0 Å². The van der Waals surface area contributed by atoms with E-state index in [9.17, 15) is 4.79 Å². The highest BCUT2D eigenvalue weighted by atomic mass is 32.1. The van der Waals surface area contributed by atoms with Crippen molar-refractivity contribution in [1.82, 2.24) is 19.7 Å². The molecule has 0 bridgehead atoms. The summed E-state index contributed by atoms with van der Waals surface area (Å²) >= 11 is 1.42. The number of hydrogen-bond donors (Lipinski definition) is 1. The molecule has 1 aliphatic heterocycles. The number of nitrogens with zero attached hydrogens (tertiary/aromatic N) is 4. The number of morpholine rings is 1. The maximum absolute atomic E-state index is 12.3. The van der Waals surface area contributed by atoms with E-state index in [-0.39, 0.29) is 18.1 Å². The van der Waals surface area contributed by atoms with Crippen molar-refractivity contribution in [3.05, 3.63) is 30.0 Å². The summed E-state index contributed by atoms with van der Waals surface area (Å²) in [5, 5.41) is 9.52. The van der Waals surface area contributed by atoms with Crippen LogP contribution in [0.4, 0.5) is 5.13 Å². The van der Waals surface area contributed by atoms with Crippen LogP contribution in [0.5, 0.6) is 0 Å². The highest BCUT2D eigenvalue weighted by Crippen LogP contribution is 2.14. The minimum absolute atomic E-state index is 0.0327. The first kappa shape index (κ1) is 15.1. The van der Waals surface area contributed by atoms with E-state index in [0.29, 0.717) is 24.8 Å². The second-order valence-corrected chi connectivity index (χ2v) is 6.11. The minimum Gasteiger partial charge on any atom is -0.374 e. The van der Waals surface area contributed by atoms with Crippen LogP contribution in [-0.2, 0) is 16.1 Å². The Bertz CT molecular complexity index is 586. The van der Waals surface area contributed by atoms with Crippen molar-refractivity contribution < 1.29 is 9.53 Å². The van der Waals surface area contributed by atoms with Crippen molar-refractivity contribution in [2.75, 3.05) is 25.0 Å². The fraction of sp³-hybridized carbons (Fsp3) is 0.500. The molecule has 0 saturated carbocycles. The molecule has 0 aromatic carbocycles. The van der Waals surface area contributed by atoms with E-state index < -0.39 is 0 Å². The van der Waals surface area contributed by atoms with Crippen LogP contribution < -0.4 is 5.32 Å². The molecule has 0 spiro atoms. The normalized spacial score (nSPS) is 20.7. The van der Waals surface area contributed by atoms with Gasteiger partial charge in [-0.15, -0.1) is 11.3 Å². The van der Waals surface area contributed by atoms with E-state index in [0.717, 1.165) is 6.54 Å². The third kappa shape index (κ3) is 3.70. The first-order chi connectivity index (χ1) is 10.7. The molecule has 118 valence electrons. The molecule has 3 heterocycles. The van der Waals surface area contributed by atoms with Gasteiger partial charge in [0.15, 0.2) is 5.13 Å². The van der Waals surface area contributed by atoms with E-state index in [1.54, 1.807) is 12.4 Å². The van der Waals surface area contributed by atoms with Crippen molar-refractivity contribution in [2.45, 2.75) is 25.6 Å². The van der Waals surface area contributed by atoms with Crippen molar-refractivity contribution >= 4 is 22.4 Å². The topological polar surface area (TPSA) is 72.3 Å². The number of amides is 1. The first-order valence-corrected chi connectivity index (χ1v) is 8.14. The number of hydrogen-bond acceptors (Lipinski definition) is 6. The molecule has 1 N–H and O–H groups in total. The first-order valence-electron chi connectivity index (χ1n) is 7.26. The van der Waals surface area contributed by atoms with Gasteiger partial charge in [0, 0.05) is 37.1 Å². The molecule has 2 aromatic rings. The Morgan fingerprint density at radius 2 is 2.50 bits per heavy atom. The third-order valence-corrected chi connectivity index (χ3v) is 4.40. The van der Waals surface area contributed by atoms with Gasteiger partial charge in [-0.3, -0.25) is 14.4 Å². The zero-order chi connectivity index (χ0) is 15.4. The third-order valence-electron chi connectivity index (χ3n) is 3.71. The molecule has 1 saturated heterocycles. The van der Waals surface area contributed by atoms with Gasteiger partial charge in [-0.2, -0.15) is 5.10 Å². The lowest BCUT2D eigenvalue weighted by atomic mass is 10.2. The second-order valence-electron chi connectivity index (χ2n) is 5.22. The Balaban J connectivity index is 1.55. The minimum atomic E-state index is -0.215. The van der Waals surface area contributed by atoms with Crippen LogP contribution in [0.25, 0.3) is 0 Å². The average molecular weight is 321 g/mol. The quantitative estimate of drug-likeness (QED) is 0.892. The maximum Gasteiger partial charge on any atom is 0.243 e. The number of carbonyl (C=O) groups excluding carboxylic acids is 1. The largest absolute Gasteiger partial charge is 0.374 e. The Hall–Kier alpha value is -1.77. The summed E-state index contributed by atoms with van der Waals surface area (Å²) in [6.07, 6.45) is 5.40. The van der Waals surface area contributed by atoms with Crippen LogP contribution in [0.3, 0.4) is 0 Å². The number of ether oxygens (including phenoxy) is 1. The standard InChI is InChI=1S/C14H19N5O2S/c1-11(13(20)17-14-15-4-8-22-14)18-6-7-21-12(9-18)10-19-5-2-3-16-19/h2-5,8,11-12H,6-7,9-10H2,1H3,(H,15,17,20)/t11-,12+/m1/s1. The predicted octanol–water partition coefficient (Wildman–Crippen LogP) is 1.07. The number of nitrogens with one attached hydrogen (secondary N) is 1. The molecule has 3 rings (SSSR count). The molecule has 0 aliphatic carbocycles. The number of anilines is 1. The van der Waals surface area contributed by atoms with E-state index in [2.05, 4.69) is 20.3 Å². The van der Waals surface area contributed by atoms with Gasteiger partial charge in [-0.05, 0) is 13.0 Å². The lowest BCUT2D eigenvalue weighted by Crippen LogP contribution is -2.51. The molecule has 0 radical (unpaired) electrons. The van der Waals surface area contributed by atoms with Gasteiger partial charge in [0.1, 0.15) is 0 Å². The molecule has 2 atom stereocenters. The fourth-order valence-electron chi connectivity index (χ4n) is 2.48. The molecule has 0 unspecified atom stereocenters. The van der Waals surface area contributed by atoms with Gasteiger partial charge in [0.2, 0.25) is 5.91 Å². The van der Waals surface area contributed by atoms with E-state index in [1.165, 1.54) is 11.3 Å².